The van der Waals surface area contributed by atoms with Crippen LogP contribution in [0.5, 0.6) is 11.5 Å². The summed E-state index contributed by atoms with van der Waals surface area (Å²) in [5, 5.41) is 11.9. The minimum Gasteiger partial charge on any atom is -0.493 e. The smallest absolute Gasteiger partial charge is 0.305 e. The fourth-order valence-electron chi connectivity index (χ4n) is 2.87. The highest BCUT2D eigenvalue weighted by Gasteiger charge is 2.20. The molecule has 28 heavy (non-hydrogen) atoms. The van der Waals surface area contributed by atoms with Gasteiger partial charge in [0.15, 0.2) is 18.1 Å². The lowest BCUT2D eigenvalue weighted by Gasteiger charge is -2.20. The van der Waals surface area contributed by atoms with E-state index in [9.17, 15) is 14.7 Å². The highest BCUT2D eigenvalue weighted by Crippen LogP contribution is 2.28. The number of aryl methyl sites for hydroxylation is 1. The molecule has 1 unspecified atom stereocenters. The van der Waals surface area contributed by atoms with Gasteiger partial charge in [0.1, 0.15) is 0 Å². The Morgan fingerprint density at radius 3 is 2.57 bits per heavy atom. The predicted octanol–water partition coefficient (Wildman–Crippen LogP) is 3.75. The van der Waals surface area contributed by atoms with Gasteiger partial charge in [-0.05, 0) is 42.7 Å². The van der Waals surface area contributed by atoms with E-state index < -0.39 is 17.9 Å². The molecule has 0 heterocycles. The van der Waals surface area contributed by atoms with Gasteiger partial charge in [-0.15, -0.1) is 0 Å². The Bertz CT molecular complexity index is 860. The van der Waals surface area contributed by atoms with Crippen molar-refractivity contribution >= 4 is 18.0 Å². The van der Waals surface area contributed by atoms with E-state index in [-0.39, 0.29) is 13.0 Å². The Morgan fingerprint density at radius 2 is 1.93 bits per heavy atom. The maximum absolute atomic E-state index is 12.4. The van der Waals surface area contributed by atoms with Crippen molar-refractivity contribution in [3.05, 3.63) is 65.2 Å². The van der Waals surface area contributed by atoms with Gasteiger partial charge in [0.2, 0.25) is 0 Å². The van der Waals surface area contributed by atoms with Crippen LogP contribution in [0.1, 0.15) is 36.1 Å². The Balaban J connectivity index is 2.07. The monoisotopic (exact) mass is 383 g/mol. The van der Waals surface area contributed by atoms with Crippen molar-refractivity contribution in [2.75, 3.05) is 13.7 Å². The zero-order valence-corrected chi connectivity index (χ0v) is 16.3. The highest BCUT2D eigenvalue weighted by molar-refractivity contribution is 5.79. The van der Waals surface area contributed by atoms with Crippen LogP contribution in [0.15, 0.2) is 48.5 Å². The van der Waals surface area contributed by atoms with E-state index in [1.54, 1.807) is 6.07 Å². The first-order valence-electron chi connectivity index (χ1n) is 8.94. The molecular weight excluding hydrogens is 358 g/mol. The molecule has 0 bridgehead atoms. The summed E-state index contributed by atoms with van der Waals surface area (Å²) >= 11 is 0. The maximum Gasteiger partial charge on any atom is 0.305 e. The van der Waals surface area contributed by atoms with Crippen molar-refractivity contribution in [1.29, 1.82) is 0 Å². The molecule has 0 aliphatic rings. The second-order valence-corrected chi connectivity index (χ2v) is 6.27. The van der Waals surface area contributed by atoms with Crippen LogP contribution in [0.3, 0.4) is 0 Å². The first-order chi connectivity index (χ1) is 13.4. The summed E-state index contributed by atoms with van der Waals surface area (Å²) < 4.78 is 10.9. The molecule has 1 atom stereocenters. The van der Waals surface area contributed by atoms with Crippen molar-refractivity contribution in [3.63, 3.8) is 0 Å². The van der Waals surface area contributed by atoms with E-state index >= 15 is 0 Å². The number of carboxylic acid groups (broad SMARTS) is 1. The summed E-state index contributed by atoms with van der Waals surface area (Å²) in [6.07, 6.45) is 3.63. The Labute approximate surface area is 164 Å². The SMILES string of the molecule is C/C=C/c1ccc(OCC(=O)NC(CC(=O)O)c2ccccc2C)c(OC)c1. The molecule has 1 amide bonds. The van der Waals surface area contributed by atoms with Gasteiger partial charge >= 0.3 is 5.97 Å². The lowest BCUT2D eigenvalue weighted by atomic mass is 9.99. The molecule has 2 rings (SSSR count). The summed E-state index contributed by atoms with van der Waals surface area (Å²) in [6.45, 7) is 3.55. The van der Waals surface area contributed by atoms with Crippen LogP contribution < -0.4 is 14.8 Å². The molecule has 0 saturated heterocycles. The number of amides is 1. The lowest BCUT2D eigenvalue weighted by molar-refractivity contribution is -0.137. The molecule has 6 heteroatoms. The molecule has 2 aromatic carbocycles. The summed E-state index contributed by atoms with van der Waals surface area (Å²) in [6, 6.07) is 12.1. The molecule has 0 fully saturated rings. The molecule has 0 aliphatic heterocycles. The molecule has 0 radical (unpaired) electrons. The number of benzene rings is 2. The average Bonchev–Trinajstić information content (AvgIpc) is 2.66. The fraction of sp³-hybridized carbons (Fsp3) is 0.273. The number of ether oxygens (including phenoxy) is 2. The second-order valence-electron chi connectivity index (χ2n) is 6.27. The summed E-state index contributed by atoms with van der Waals surface area (Å²) in [5.74, 6) is -0.439. The minimum absolute atomic E-state index is 0.210. The molecule has 148 valence electrons. The molecule has 2 N–H and O–H groups in total. The van der Waals surface area contributed by atoms with Gasteiger partial charge in [0.25, 0.3) is 5.91 Å². The quantitative estimate of drug-likeness (QED) is 0.689. The summed E-state index contributed by atoms with van der Waals surface area (Å²) in [7, 11) is 1.53. The van der Waals surface area contributed by atoms with Crippen molar-refractivity contribution in [2.24, 2.45) is 0 Å². The Hall–Kier alpha value is -3.28. The number of rotatable bonds is 9. The number of aliphatic carboxylic acids is 1. The van der Waals surface area contributed by atoms with Gasteiger partial charge in [-0.25, -0.2) is 0 Å². The van der Waals surface area contributed by atoms with Gasteiger partial charge in [0.05, 0.1) is 19.6 Å². The standard InChI is InChI=1S/C22H25NO5/c1-4-7-16-10-11-19(20(12-16)27-3)28-14-21(24)23-18(13-22(25)26)17-9-6-5-8-15(17)2/h4-12,18H,13-14H2,1-3H3,(H,23,24)(H,25,26)/b7-4+. The zero-order valence-electron chi connectivity index (χ0n) is 16.3. The van der Waals surface area contributed by atoms with E-state index in [0.717, 1.165) is 16.7 Å². The lowest BCUT2D eigenvalue weighted by Crippen LogP contribution is -2.34. The number of carbonyl (C=O) groups excluding carboxylic acids is 1. The minimum atomic E-state index is -0.990. The summed E-state index contributed by atoms with van der Waals surface area (Å²) in [4.78, 5) is 23.6. The number of hydrogen-bond donors (Lipinski definition) is 2. The molecule has 0 spiro atoms. The largest absolute Gasteiger partial charge is 0.493 e. The van der Waals surface area contributed by atoms with Crippen molar-refractivity contribution < 1.29 is 24.2 Å². The molecule has 6 nitrogen and oxygen atoms in total. The van der Waals surface area contributed by atoms with Crippen LogP contribution in [0.2, 0.25) is 0 Å². The number of hydrogen-bond acceptors (Lipinski definition) is 4. The van der Waals surface area contributed by atoms with E-state index in [2.05, 4.69) is 5.32 Å². The topological polar surface area (TPSA) is 84.9 Å². The molecular formula is C22H25NO5. The van der Waals surface area contributed by atoms with Crippen LogP contribution in [-0.4, -0.2) is 30.7 Å². The predicted molar refractivity (Wildman–Crippen MR) is 108 cm³/mol. The Kier molecular flexibility index (Phi) is 7.63. The van der Waals surface area contributed by atoms with Crippen LogP contribution in [0, 0.1) is 6.92 Å². The maximum atomic E-state index is 12.4. The second kappa shape index (κ2) is 10.2. The first-order valence-corrected chi connectivity index (χ1v) is 8.94. The van der Waals surface area contributed by atoms with Crippen LogP contribution >= 0.6 is 0 Å². The summed E-state index contributed by atoms with van der Waals surface area (Å²) in [5.41, 5.74) is 2.64. The van der Waals surface area contributed by atoms with Gasteiger partial charge in [0, 0.05) is 0 Å². The van der Waals surface area contributed by atoms with Gasteiger partial charge in [-0.3, -0.25) is 9.59 Å². The highest BCUT2D eigenvalue weighted by atomic mass is 16.5. The fourth-order valence-corrected chi connectivity index (χ4v) is 2.87. The third-order valence-electron chi connectivity index (χ3n) is 4.18. The third-order valence-corrected chi connectivity index (χ3v) is 4.18. The zero-order chi connectivity index (χ0) is 20.5. The number of methoxy groups -OCH3 is 1. The number of nitrogens with one attached hydrogen (secondary N) is 1. The van der Waals surface area contributed by atoms with Crippen molar-refractivity contribution in [3.8, 4) is 11.5 Å². The van der Waals surface area contributed by atoms with E-state index in [0.29, 0.717) is 11.5 Å². The van der Waals surface area contributed by atoms with Crippen molar-refractivity contribution in [2.45, 2.75) is 26.3 Å². The Morgan fingerprint density at radius 1 is 1.18 bits per heavy atom. The molecule has 0 saturated carbocycles. The normalized spacial score (nSPS) is 11.8. The van der Waals surface area contributed by atoms with Gasteiger partial charge < -0.3 is 19.9 Å². The number of allylic oxidation sites excluding steroid dienone is 1. The first kappa shape index (κ1) is 21.0. The number of carbonyl (C=O) groups is 2. The van der Waals surface area contributed by atoms with Crippen LogP contribution in [-0.2, 0) is 9.59 Å². The van der Waals surface area contributed by atoms with E-state index in [1.807, 2.05) is 62.4 Å². The van der Waals surface area contributed by atoms with Crippen LogP contribution in [0.4, 0.5) is 0 Å². The van der Waals surface area contributed by atoms with Crippen LogP contribution in [0.25, 0.3) is 6.08 Å². The molecule has 0 aliphatic carbocycles. The van der Waals surface area contributed by atoms with Gasteiger partial charge in [-0.1, -0.05) is 42.5 Å². The van der Waals surface area contributed by atoms with E-state index in [4.69, 9.17) is 9.47 Å². The van der Waals surface area contributed by atoms with Gasteiger partial charge in [-0.2, -0.15) is 0 Å². The third kappa shape index (κ3) is 5.87. The molecule has 0 aromatic heterocycles. The van der Waals surface area contributed by atoms with Crippen molar-refractivity contribution in [1.82, 2.24) is 5.32 Å². The number of carboxylic acids is 1. The molecule has 2 aromatic rings. The van der Waals surface area contributed by atoms with E-state index in [1.165, 1.54) is 7.11 Å². The average molecular weight is 383 g/mol.